The first-order valence-electron chi connectivity index (χ1n) is 8.30. The van der Waals surface area contributed by atoms with Gasteiger partial charge in [-0.25, -0.2) is 10.4 Å². The second kappa shape index (κ2) is 6.26. The van der Waals surface area contributed by atoms with Gasteiger partial charge in [-0.1, -0.05) is 30.3 Å². The second-order valence-corrected chi connectivity index (χ2v) is 6.27. The van der Waals surface area contributed by atoms with E-state index in [2.05, 4.69) is 16.8 Å². The Hall–Kier alpha value is -2.37. The topological polar surface area (TPSA) is 53.6 Å². The number of benzene rings is 2. The number of methoxy groups -OCH3 is 1. The summed E-state index contributed by atoms with van der Waals surface area (Å²) in [6, 6.07) is 17.8. The van der Waals surface area contributed by atoms with Gasteiger partial charge < -0.3 is 4.74 Å². The van der Waals surface area contributed by atoms with Crippen LogP contribution in [0.5, 0.6) is 5.75 Å². The third kappa shape index (κ3) is 2.56. The molecule has 124 valence electrons. The zero-order chi connectivity index (χ0) is 16.5. The van der Waals surface area contributed by atoms with Crippen molar-refractivity contribution in [2.45, 2.75) is 18.5 Å². The van der Waals surface area contributed by atoms with Crippen LogP contribution >= 0.6 is 0 Å². The molecule has 2 aromatic carbocycles. The summed E-state index contributed by atoms with van der Waals surface area (Å²) in [6.45, 7) is 0.881. The Bertz CT molecular complexity index is 734. The normalized spacial score (nSPS) is 26.3. The van der Waals surface area contributed by atoms with E-state index in [0.717, 1.165) is 30.0 Å². The van der Waals surface area contributed by atoms with Crippen molar-refractivity contribution >= 4 is 11.6 Å². The summed E-state index contributed by atoms with van der Waals surface area (Å²) in [5.74, 6) is 1.01. The van der Waals surface area contributed by atoms with Gasteiger partial charge in [0.15, 0.2) is 0 Å². The first-order valence-corrected chi connectivity index (χ1v) is 8.30. The van der Waals surface area contributed by atoms with Gasteiger partial charge >= 0.3 is 0 Å². The summed E-state index contributed by atoms with van der Waals surface area (Å²) < 4.78 is 5.35. The minimum absolute atomic E-state index is 0.0392. The molecule has 2 fully saturated rings. The number of piperidine rings is 1. The van der Waals surface area contributed by atoms with Crippen molar-refractivity contribution < 1.29 is 9.53 Å². The highest BCUT2D eigenvalue weighted by atomic mass is 16.5. The number of hydrazine groups is 1. The molecule has 0 aromatic heterocycles. The molecule has 5 nitrogen and oxygen atoms in total. The Morgan fingerprint density at radius 3 is 2.75 bits per heavy atom. The number of nitrogens with zero attached hydrogens (tertiary/aromatic N) is 1. The smallest absolute Gasteiger partial charge is 0.248 e. The lowest BCUT2D eigenvalue weighted by Gasteiger charge is -2.32. The van der Waals surface area contributed by atoms with E-state index in [1.54, 1.807) is 12.1 Å². The highest BCUT2D eigenvalue weighted by Crippen LogP contribution is 2.38. The van der Waals surface area contributed by atoms with E-state index in [9.17, 15) is 4.79 Å². The number of hydrogen-bond donors (Lipinski definition) is 2. The number of hydrogen-bond acceptors (Lipinski definition) is 4. The molecule has 0 saturated carbocycles. The standard InChI is InChI=1S/C19H21N3O2/c1-24-15-9-5-6-13(12-15)16-10-11-20-18-17(16)19(23)22(21-18)14-7-3-2-4-8-14/h2-9,12,16-18,20-21H,10-11H2,1H3. The lowest BCUT2D eigenvalue weighted by Crippen LogP contribution is -2.50. The third-order valence-electron chi connectivity index (χ3n) is 4.92. The molecule has 0 spiro atoms. The Kier molecular flexibility index (Phi) is 3.96. The number of amides is 1. The Labute approximate surface area is 141 Å². The lowest BCUT2D eigenvalue weighted by molar-refractivity contribution is -0.121. The van der Waals surface area contributed by atoms with E-state index in [0.29, 0.717) is 0 Å². The van der Waals surface area contributed by atoms with E-state index in [1.165, 1.54) is 0 Å². The van der Waals surface area contributed by atoms with Crippen LogP contribution in [0.2, 0.25) is 0 Å². The molecule has 0 aliphatic carbocycles. The second-order valence-electron chi connectivity index (χ2n) is 6.27. The van der Waals surface area contributed by atoms with Gasteiger partial charge in [0.1, 0.15) is 5.75 Å². The molecule has 3 unspecified atom stereocenters. The average Bonchev–Trinajstić information content (AvgIpc) is 2.99. The predicted molar refractivity (Wildman–Crippen MR) is 92.7 cm³/mol. The summed E-state index contributed by atoms with van der Waals surface area (Å²) in [4.78, 5) is 13.1. The highest BCUT2D eigenvalue weighted by Gasteiger charge is 2.47. The van der Waals surface area contributed by atoms with Crippen molar-refractivity contribution in [1.29, 1.82) is 0 Å². The van der Waals surface area contributed by atoms with Crippen molar-refractivity contribution in [2.24, 2.45) is 5.92 Å². The fourth-order valence-electron chi connectivity index (χ4n) is 3.75. The summed E-state index contributed by atoms with van der Waals surface area (Å²) in [5, 5.41) is 5.12. The third-order valence-corrected chi connectivity index (χ3v) is 4.92. The largest absolute Gasteiger partial charge is 0.497 e. The molecule has 2 heterocycles. The molecule has 2 saturated heterocycles. The number of rotatable bonds is 3. The van der Waals surface area contributed by atoms with Gasteiger partial charge in [0.05, 0.1) is 24.9 Å². The number of ether oxygens (including phenoxy) is 1. The Morgan fingerprint density at radius 2 is 1.96 bits per heavy atom. The molecule has 0 radical (unpaired) electrons. The monoisotopic (exact) mass is 323 g/mol. The number of para-hydroxylation sites is 1. The minimum atomic E-state index is -0.119. The van der Waals surface area contributed by atoms with Gasteiger partial charge in [0.25, 0.3) is 0 Å². The van der Waals surface area contributed by atoms with Gasteiger partial charge in [-0.05, 0) is 48.7 Å². The summed E-state index contributed by atoms with van der Waals surface area (Å²) in [6.07, 6.45) is 0.896. The zero-order valence-electron chi connectivity index (χ0n) is 13.6. The van der Waals surface area contributed by atoms with Crippen LogP contribution in [0.3, 0.4) is 0 Å². The molecule has 24 heavy (non-hydrogen) atoms. The molecule has 4 rings (SSSR count). The van der Waals surface area contributed by atoms with Crippen molar-refractivity contribution in [1.82, 2.24) is 10.7 Å². The SMILES string of the molecule is COc1cccc(C2CCNC3NN(c4ccccc4)C(=O)C32)c1. The molecule has 2 aliphatic heterocycles. The molecular formula is C19H21N3O2. The highest BCUT2D eigenvalue weighted by molar-refractivity contribution is 5.97. The van der Waals surface area contributed by atoms with Crippen LogP contribution in [0.1, 0.15) is 17.9 Å². The van der Waals surface area contributed by atoms with Crippen LogP contribution in [0.25, 0.3) is 0 Å². The molecule has 1 amide bonds. The van der Waals surface area contributed by atoms with E-state index in [-0.39, 0.29) is 23.9 Å². The number of carbonyl (C=O) groups is 1. The number of anilines is 1. The van der Waals surface area contributed by atoms with E-state index in [4.69, 9.17) is 4.74 Å². The van der Waals surface area contributed by atoms with Gasteiger partial charge in [-0.15, -0.1) is 0 Å². The van der Waals surface area contributed by atoms with Crippen LogP contribution in [0.15, 0.2) is 54.6 Å². The first kappa shape index (κ1) is 15.2. The predicted octanol–water partition coefficient (Wildman–Crippen LogP) is 2.27. The molecule has 0 bridgehead atoms. The molecular weight excluding hydrogens is 302 g/mol. The van der Waals surface area contributed by atoms with Crippen LogP contribution < -0.4 is 20.5 Å². The fraction of sp³-hybridized carbons (Fsp3) is 0.316. The van der Waals surface area contributed by atoms with Crippen LogP contribution in [-0.4, -0.2) is 25.7 Å². The molecule has 2 aromatic rings. The quantitative estimate of drug-likeness (QED) is 0.910. The zero-order valence-corrected chi connectivity index (χ0v) is 13.6. The summed E-state index contributed by atoms with van der Waals surface area (Å²) in [7, 11) is 1.67. The van der Waals surface area contributed by atoms with Crippen molar-refractivity contribution in [3.8, 4) is 5.75 Å². The maximum absolute atomic E-state index is 13.1. The first-order chi connectivity index (χ1) is 11.8. The molecule has 5 heteroatoms. The van der Waals surface area contributed by atoms with Gasteiger partial charge in [0, 0.05) is 0 Å². The van der Waals surface area contributed by atoms with Crippen molar-refractivity contribution in [2.75, 3.05) is 18.7 Å². The van der Waals surface area contributed by atoms with E-state index in [1.807, 2.05) is 48.5 Å². The molecule has 3 atom stereocenters. The maximum atomic E-state index is 13.1. The van der Waals surface area contributed by atoms with Gasteiger partial charge in [0.2, 0.25) is 5.91 Å². The van der Waals surface area contributed by atoms with E-state index < -0.39 is 0 Å². The van der Waals surface area contributed by atoms with Crippen molar-refractivity contribution in [3.63, 3.8) is 0 Å². The average molecular weight is 323 g/mol. The Morgan fingerprint density at radius 1 is 1.12 bits per heavy atom. The maximum Gasteiger partial charge on any atom is 0.248 e. The van der Waals surface area contributed by atoms with Gasteiger partial charge in [-0.2, -0.15) is 0 Å². The lowest BCUT2D eigenvalue weighted by atomic mass is 9.79. The summed E-state index contributed by atoms with van der Waals surface area (Å²) in [5.41, 5.74) is 5.37. The number of nitrogens with one attached hydrogen (secondary N) is 2. The fourth-order valence-corrected chi connectivity index (χ4v) is 3.75. The number of carbonyl (C=O) groups excluding carboxylic acids is 1. The summed E-state index contributed by atoms with van der Waals surface area (Å²) >= 11 is 0. The van der Waals surface area contributed by atoms with Crippen LogP contribution in [0, 0.1) is 5.92 Å². The van der Waals surface area contributed by atoms with Crippen molar-refractivity contribution in [3.05, 3.63) is 60.2 Å². The van der Waals surface area contributed by atoms with E-state index >= 15 is 0 Å². The Balaban J connectivity index is 1.65. The van der Waals surface area contributed by atoms with Crippen LogP contribution in [-0.2, 0) is 4.79 Å². The minimum Gasteiger partial charge on any atom is -0.497 e. The number of fused-ring (bicyclic) bond motifs is 1. The van der Waals surface area contributed by atoms with Crippen LogP contribution in [0.4, 0.5) is 5.69 Å². The molecule has 2 N–H and O–H groups in total. The molecule has 2 aliphatic rings. The van der Waals surface area contributed by atoms with Gasteiger partial charge in [-0.3, -0.25) is 10.1 Å².